The van der Waals surface area contributed by atoms with Crippen LogP contribution in [0, 0.1) is 11.8 Å². The zero-order valence-electron chi connectivity index (χ0n) is 37.6. The molecule has 6 rings (SSSR count). The third kappa shape index (κ3) is 16.8. The zero-order valence-corrected chi connectivity index (χ0v) is 37.6. The van der Waals surface area contributed by atoms with Gasteiger partial charge in [-0.2, -0.15) is 0 Å². The summed E-state index contributed by atoms with van der Waals surface area (Å²) < 4.78 is 23.0. The van der Waals surface area contributed by atoms with E-state index < -0.39 is 0 Å². The number of amides is 1. The number of methoxy groups -OCH3 is 1. The van der Waals surface area contributed by atoms with Crippen molar-refractivity contribution in [1.82, 2.24) is 20.0 Å². The van der Waals surface area contributed by atoms with E-state index in [2.05, 4.69) is 70.3 Å². The average Bonchev–Trinajstić information content (AvgIpc) is 3.99. The summed E-state index contributed by atoms with van der Waals surface area (Å²) in [5.41, 5.74) is 2.56. The van der Waals surface area contributed by atoms with Crippen LogP contribution in [0.4, 0.5) is 0 Å². The molecule has 2 aromatic rings. The van der Waals surface area contributed by atoms with Crippen molar-refractivity contribution in [2.45, 2.75) is 149 Å². The van der Waals surface area contributed by atoms with E-state index in [1.807, 2.05) is 32.9 Å². The Balaban J connectivity index is 0.000000299. The van der Waals surface area contributed by atoms with Crippen LogP contribution in [0.15, 0.2) is 48.5 Å². The number of likely N-dealkylation sites (tertiary alicyclic amines) is 2. The molecule has 3 heterocycles. The number of carbonyl (C=O) groups is 1. The topological polar surface area (TPSA) is 75.7 Å². The largest absolute Gasteiger partial charge is 0.494 e. The van der Waals surface area contributed by atoms with Crippen LogP contribution in [-0.4, -0.2) is 112 Å². The highest BCUT2D eigenvalue weighted by atomic mass is 16.5. The number of nitrogens with one attached hydrogen (secondary N) is 1. The quantitative estimate of drug-likeness (QED) is 0.142. The van der Waals surface area contributed by atoms with Gasteiger partial charge in [-0.15, -0.1) is 0 Å². The summed E-state index contributed by atoms with van der Waals surface area (Å²) in [5, 5.41) is 3.04. The summed E-state index contributed by atoms with van der Waals surface area (Å²) in [5.74, 6) is 3.49. The lowest BCUT2D eigenvalue weighted by Gasteiger charge is -2.38. The lowest BCUT2D eigenvalue weighted by molar-refractivity contribution is -0.123. The van der Waals surface area contributed by atoms with Crippen molar-refractivity contribution >= 4 is 5.91 Å². The number of ether oxygens (including phenoxy) is 4. The highest BCUT2D eigenvalue weighted by Crippen LogP contribution is 2.30. The molecule has 4 aliphatic rings. The second kappa shape index (κ2) is 28.0. The van der Waals surface area contributed by atoms with Crippen LogP contribution < -0.4 is 14.8 Å². The van der Waals surface area contributed by atoms with E-state index in [0.29, 0.717) is 31.6 Å². The molecule has 0 aromatic heterocycles. The van der Waals surface area contributed by atoms with Crippen LogP contribution in [0.2, 0.25) is 0 Å². The summed E-state index contributed by atoms with van der Waals surface area (Å²) >= 11 is 0. The first-order valence-electron chi connectivity index (χ1n) is 23.5. The SMILES string of the molecule is CC.CCCC(CNC(=O)CC1CCN(Cc2ccccc2OCC)CC1)OC.CCOc1ccccc1CN(CC1CCN(C2CCCC2)CC1)CC1CCCO1.[HH]. The normalized spacial score (nSPS) is 20.2. The van der Waals surface area contributed by atoms with E-state index in [1.54, 1.807) is 7.11 Å². The van der Waals surface area contributed by atoms with Gasteiger partial charge in [0.15, 0.2) is 0 Å². The van der Waals surface area contributed by atoms with Gasteiger partial charge in [0.05, 0.1) is 25.4 Å². The van der Waals surface area contributed by atoms with Crippen molar-refractivity contribution in [1.29, 1.82) is 0 Å². The van der Waals surface area contributed by atoms with E-state index in [9.17, 15) is 4.79 Å². The summed E-state index contributed by atoms with van der Waals surface area (Å²) in [6, 6.07) is 17.7. The number of nitrogens with zero attached hydrogens (tertiary/aromatic N) is 3. The molecular formula is C49H84N4O5. The minimum absolute atomic E-state index is 0. The Bertz CT molecular complexity index is 1370. The Labute approximate surface area is 355 Å². The molecule has 0 spiro atoms. The fourth-order valence-corrected chi connectivity index (χ4v) is 9.29. The van der Waals surface area contributed by atoms with Crippen molar-refractivity contribution < 1.29 is 25.2 Å². The molecule has 2 aromatic carbocycles. The van der Waals surface area contributed by atoms with Crippen LogP contribution in [0.5, 0.6) is 11.5 Å². The van der Waals surface area contributed by atoms with Crippen LogP contribution in [-0.2, 0) is 27.4 Å². The van der Waals surface area contributed by atoms with Gasteiger partial charge >= 0.3 is 0 Å². The fourth-order valence-electron chi connectivity index (χ4n) is 9.29. The maximum Gasteiger partial charge on any atom is 0.220 e. The molecular weight excluding hydrogens is 725 g/mol. The van der Waals surface area contributed by atoms with E-state index in [1.165, 1.54) is 82.1 Å². The Hall–Kier alpha value is -2.69. The van der Waals surface area contributed by atoms with Gasteiger partial charge in [0.1, 0.15) is 11.5 Å². The van der Waals surface area contributed by atoms with E-state index in [4.69, 9.17) is 18.9 Å². The molecule has 0 radical (unpaired) electrons. The van der Waals surface area contributed by atoms with Crippen molar-refractivity contribution in [3.63, 3.8) is 0 Å². The molecule has 3 saturated heterocycles. The van der Waals surface area contributed by atoms with Crippen molar-refractivity contribution in [2.24, 2.45) is 11.8 Å². The number of benzene rings is 2. The molecule has 1 amide bonds. The van der Waals surface area contributed by atoms with Gasteiger partial charge in [0, 0.05) is 71.5 Å². The molecule has 0 bridgehead atoms. The van der Waals surface area contributed by atoms with Crippen LogP contribution in [0.25, 0.3) is 0 Å². The van der Waals surface area contributed by atoms with Gasteiger partial charge < -0.3 is 29.2 Å². The summed E-state index contributed by atoms with van der Waals surface area (Å²) in [6.07, 6.45) is 16.3. The number of hydrogen-bond acceptors (Lipinski definition) is 8. The average molecular weight is 809 g/mol. The second-order valence-electron chi connectivity index (χ2n) is 16.7. The van der Waals surface area contributed by atoms with Crippen LogP contribution in [0.1, 0.15) is 131 Å². The van der Waals surface area contributed by atoms with Crippen LogP contribution in [0.3, 0.4) is 0 Å². The second-order valence-corrected chi connectivity index (χ2v) is 16.7. The van der Waals surface area contributed by atoms with Gasteiger partial charge in [-0.05, 0) is 122 Å². The van der Waals surface area contributed by atoms with Gasteiger partial charge in [-0.25, -0.2) is 0 Å². The number of rotatable bonds is 20. The third-order valence-electron chi connectivity index (χ3n) is 12.5. The van der Waals surface area contributed by atoms with E-state index in [0.717, 1.165) is 95.1 Å². The molecule has 4 fully saturated rings. The molecule has 2 unspecified atom stereocenters. The molecule has 3 aliphatic heterocycles. The molecule has 1 N–H and O–H groups in total. The fraction of sp³-hybridized carbons (Fsp3) is 0.735. The third-order valence-corrected chi connectivity index (χ3v) is 12.5. The number of carbonyl (C=O) groups excluding carboxylic acids is 1. The first-order chi connectivity index (χ1) is 28.5. The molecule has 9 heteroatoms. The lowest BCUT2D eigenvalue weighted by atomic mass is 9.93. The molecule has 1 aliphatic carbocycles. The van der Waals surface area contributed by atoms with Crippen molar-refractivity contribution in [3.05, 3.63) is 59.7 Å². The van der Waals surface area contributed by atoms with Crippen molar-refractivity contribution in [2.75, 3.05) is 72.7 Å². The monoisotopic (exact) mass is 809 g/mol. The first kappa shape index (κ1) is 48.0. The Morgan fingerprint density at radius 1 is 0.810 bits per heavy atom. The van der Waals surface area contributed by atoms with E-state index >= 15 is 0 Å². The first-order valence-corrected chi connectivity index (χ1v) is 23.5. The number of piperidine rings is 2. The Morgan fingerprint density at radius 3 is 2.03 bits per heavy atom. The minimum Gasteiger partial charge on any atom is -0.494 e. The summed E-state index contributed by atoms with van der Waals surface area (Å²) in [6.45, 7) is 22.0. The smallest absolute Gasteiger partial charge is 0.220 e. The molecule has 58 heavy (non-hydrogen) atoms. The molecule has 9 nitrogen and oxygen atoms in total. The minimum atomic E-state index is 0. The maximum atomic E-state index is 12.2. The highest BCUT2D eigenvalue weighted by molar-refractivity contribution is 5.76. The number of para-hydroxylation sites is 2. The van der Waals surface area contributed by atoms with Gasteiger partial charge in [-0.1, -0.05) is 76.4 Å². The summed E-state index contributed by atoms with van der Waals surface area (Å²) in [4.78, 5) is 20.1. The van der Waals surface area contributed by atoms with Crippen LogP contribution >= 0.6 is 0 Å². The van der Waals surface area contributed by atoms with Gasteiger partial charge in [0.2, 0.25) is 5.91 Å². The predicted octanol–water partition coefficient (Wildman–Crippen LogP) is 9.61. The van der Waals surface area contributed by atoms with Crippen molar-refractivity contribution in [3.8, 4) is 11.5 Å². The van der Waals surface area contributed by atoms with Gasteiger partial charge in [-0.3, -0.25) is 14.6 Å². The molecule has 330 valence electrons. The standard InChI is InChI=1S/C25H40N2O2.C22H36N2O3.C2H6.H2/c1-2-28-25-12-6-3-8-22(25)19-26(20-24-11-7-17-29-24)18-21-13-15-27(16-14-21)23-9-4-5-10-23;1-4-8-20(26-3)16-23-22(25)15-18-11-13-24(14-12-18)17-19-9-6-7-10-21(19)27-5-2;1-2;/h3,6,8,12,21,23-24H,2,4-5,7,9-11,13-20H2,1H3;6-7,9-10,18,20H,4-5,8,11-17H2,1-3H3,(H,23,25);1-2H3;1H. The maximum absolute atomic E-state index is 12.2. The zero-order chi connectivity index (χ0) is 41.4. The predicted molar refractivity (Wildman–Crippen MR) is 241 cm³/mol. The van der Waals surface area contributed by atoms with E-state index in [-0.39, 0.29) is 13.4 Å². The Morgan fingerprint density at radius 2 is 1.43 bits per heavy atom. The molecule has 2 atom stereocenters. The number of hydrogen-bond donors (Lipinski definition) is 1. The highest BCUT2D eigenvalue weighted by Gasteiger charge is 2.29. The lowest BCUT2D eigenvalue weighted by Crippen LogP contribution is -2.43. The Kier molecular flexibility index (Phi) is 23.1. The summed E-state index contributed by atoms with van der Waals surface area (Å²) in [7, 11) is 1.71. The van der Waals surface area contributed by atoms with Gasteiger partial charge in [0.25, 0.3) is 0 Å². The molecule has 1 saturated carbocycles.